The predicted octanol–water partition coefficient (Wildman–Crippen LogP) is 2.60. The van der Waals surface area contributed by atoms with Gasteiger partial charge in [-0.2, -0.15) is 0 Å². The second-order valence-electron chi connectivity index (χ2n) is 6.48. The second kappa shape index (κ2) is 8.70. The van der Waals surface area contributed by atoms with Gasteiger partial charge in [-0.1, -0.05) is 23.4 Å². The summed E-state index contributed by atoms with van der Waals surface area (Å²) in [4.78, 5) is 24.0. The molecule has 148 valence electrons. The molecular formula is C20H19FN6O2. The highest BCUT2D eigenvalue weighted by Gasteiger charge is 2.19. The summed E-state index contributed by atoms with van der Waals surface area (Å²) in [5.41, 5.74) is 2.11. The molecule has 1 aromatic carbocycles. The third kappa shape index (κ3) is 4.35. The summed E-state index contributed by atoms with van der Waals surface area (Å²) in [6, 6.07) is 6.83. The highest BCUT2D eigenvalue weighted by molar-refractivity contribution is 5.86. The van der Waals surface area contributed by atoms with Crippen LogP contribution in [-0.4, -0.2) is 43.8 Å². The van der Waals surface area contributed by atoms with Gasteiger partial charge in [0.05, 0.1) is 12.3 Å². The summed E-state index contributed by atoms with van der Waals surface area (Å²) in [6.45, 7) is 1.05. The van der Waals surface area contributed by atoms with Gasteiger partial charge in [0.15, 0.2) is 0 Å². The number of hydrogen-bond acceptors (Lipinski definition) is 8. The molecule has 2 aromatic heterocycles. The van der Waals surface area contributed by atoms with Crippen molar-refractivity contribution in [3.8, 4) is 17.1 Å². The van der Waals surface area contributed by atoms with Crippen LogP contribution >= 0.6 is 0 Å². The summed E-state index contributed by atoms with van der Waals surface area (Å²) >= 11 is 0. The van der Waals surface area contributed by atoms with Crippen LogP contribution in [0.2, 0.25) is 0 Å². The molecule has 9 heteroatoms. The zero-order chi connectivity index (χ0) is 20.1. The molecule has 1 N–H and O–H groups in total. The monoisotopic (exact) mass is 394 g/mol. The number of halogens is 1. The smallest absolute Gasteiger partial charge is 0.345 e. The number of benzene rings is 1. The Kier molecular flexibility index (Phi) is 5.66. The minimum absolute atomic E-state index is 0.221. The molecule has 0 unspecified atom stereocenters. The quantitative estimate of drug-likeness (QED) is 0.665. The SMILES string of the molecule is OCc1cccc(-c2cnc(N3CCC(=NOc4ncccn4)CC3)nc2)c1F. The molecule has 1 aliphatic heterocycles. The van der Waals surface area contributed by atoms with Gasteiger partial charge in [-0.05, 0) is 6.07 Å². The average Bonchev–Trinajstić information content (AvgIpc) is 2.79. The second-order valence-corrected chi connectivity index (χ2v) is 6.48. The number of rotatable bonds is 5. The Labute approximate surface area is 166 Å². The molecule has 1 aliphatic rings. The van der Waals surface area contributed by atoms with Crippen LogP contribution in [0.25, 0.3) is 11.1 Å². The molecule has 1 saturated heterocycles. The molecule has 3 heterocycles. The summed E-state index contributed by atoms with van der Waals surface area (Å²) in [7, 11) is 0. The van der Waals surface area contributed by atoms with E-state index in [0.717, 1.165) is 5.71 Å². The topological polar surface area (TPSA) is 96.6 Å². The highest BCUT2D eigenvalue weighted by atomic mass is 19.1. The zero-order valence-electron chi connectivity index (χ0n) is 15.6. The van der Waals surface area contributed by atoms with Gasteiger partial charge >= 0.3 is 6.01 Å². The number of aliphatic hydroxyl groups excluding tert-OH is 1. The van der Waals surface area contributed by atoms with Gasteiger partial charge in [0.1, 0.15) is 5.82 Å². The molecule has 1 fully saturated rings. The van der Waals surface area contributed by atoms with Crippen LogP contribution in [0.15, 0.2) is 54.2 Å². The minimum atomic E-state index is -0.451. The van der Waals surface area contributed by atoms with Crippen molar-refractivity contribution in [2.75, 3.05) is 18.0 Å². The van der Waals surface area contributed by atoms with Gasteiger partial charge in [-0.3, -0.25) is 0 Å². The number of hydrogen-bond donors (Lipinski definition) is 1. The molecule has 3 aromatic rings. The first kappa shape index (κ1) is 18.9. The number of piperidine rings is 1. The van der Waals surface area contributed by atoms with Crippen molar-refractivity contribution in [1.29, 1.82) is 0 Å². The lowest BCUT2D eigenvalue weighted by molar-refractivity contribution is 0.276. The van der Waals surface area contributed by atoms with E-state index in [1.807, 2.05) is 4.90 Å². The lowest BCUT2D eigenvalue weighted by Crippen LogP contribution is -2.35. The average molecular weight is 394 g/mol. The van der Waals surface area contributed by atoms with E-state index in [1.54, 1.807) is 49.1 Å². The van der Waals surface area contributed by atoms with Crippen LogP contribution in [-0.2, 0) is 6.61 Å². The number of oxime groups is 1. The Balaban J connectivity index is 1.39. The number of anilines is 1. The fraction of sp³-hybridized carbons (Fsp3) is 0.250. The molecule has 0 spiro atoms. The van der Waals surface area contributed by atoms with Crippen LogP contribution < -0.4 is 9.74 Å². The van der Waals surface area contributed by atoms with E-state index in [9.17, 15) is 9.50 Å². The Hall–Kier alpha value is -3.46. The van der Waals surface area contributed by atoms with Crippen LogP contribution in [0.5, 0.6) is 6.01 Å². The van der Waals surface area contributed by atoms with E-state index in [1.165, 1.54) is 0 Å². The van der Waals surface area contributed by atoms with Gasteiger partial charge < -0.3 is 14.8 Å². The molecule has 29 heavy (non-hydrogen) atoms. The Morgan fingerprint density at radius 2 is 1.76 bits per heavy atom. The summed E-state index contributed by atoms with van der Waals surface area (Å²) in [6.07, 6.45) is 7.81. The number of aliphatic hydroxyl groups is 1. The van der Waals surface area contributed by atoms with E-state index in [2.05, 4.69) is 25.1 Å². The van der Waals surface area contributed by atoms with Crippen molar-refractivity contribution < 1.29 is 14.3 Å². The lowest BCUT2D eigenvalue weighted by atomic mass is 10.1. The van der Waals surface area contributed by atoms with E-state index in [0.29, 0.717) is 43.0 Å². The van der Waals surface area contributed by atoms with Gasteiger partial charge in [0.25, 0.3) is 0 Å². The standard InChI is InChI=1S/C20H19FN6O2/c21-18-14(13-28)3-1-4-17(18)15-11-24-19(25-12-15)27-9-5-16(6-10-27)26-29-20-22-7-2-8-23-20/h1-4,7-8,11-12,28H,5-6,9-10,13H2. The fourth-order valence-electron chi connectivity index (χ4n) is 3.04. The largest absolute Gasteiger partial charge is 0.392 e. The third-order valence-electron chi connectivity index (χ3n) is 4.62. The maximum absolute atomic E-state index is 14.4. The number of aromatic nitrogens is 4. The van der Waals surface area contributed by atoms with Gasteiger partial charge in [-0.25, -0.2) is 24.3 Å². The molecule has 0 saturated carbocycles. The Bertz CT molecular complexity index is 988. The molecular weight excluding hydrogens is 375 g/mol. The van der Waals surface area contributed by atoms with Crippen molar-refractivity contribution in [3.63, 3.8) is 0 Å². The first-order valence-electron chi connectivity index (χ1n) is 9.20. The molecule has 0 bridgehead atoms. The van der Waals surface area contributed by atoms with E-state index in [-0.39, 0.29) is 18.2 Å². The van der Waals surface area contributed by atoms with Crippen molar-refractivity contribution in [2.45, 2.75) is 19.4 Å². The van der Waals surface area contributed by atoms with Gasteiger partial charge in [0, 0.05) is 67.4 Å². The normalized spacial score (nSPS) is 14.0. The van der Waals surface area contributed by atoms with Crippen molar-refractivity contribution in [2.24, 2.45) is 5.16 Å². The fourth-order valence-corrected chi connectivity index (χ4v) is 3.04. The summed E-state index contributed by atoms with van der Waals surface area (Å²) in [5, 5.41) is 13.3. The predicted molar refractivity (Wildman–Crippen MR) is 105 cm³/mol. The first-order chi connectivity index (χ1) is 14.2. The van der Waals surface area contributed by atoms with Crippen molar-refractivity contribution in [3.05, 3.63) is 60.4 Å². The molecule has 0 atom stereocenters. The first-order valence-corrected chi connectivity index (χ1v) is 9.20. The molecule has 0 aliphatic carbocycles. The Morgan fingerprint density at radius 3 is 2.45 bits per heavy atom. The lowest BCUT2D eigenvalue weighted by Gasteiger charge is -2.27. The molecule has 0 amide bonds. The van der Waals surface area contributed by atoms with E-state index in [4.69, 9.17) is 4.84 Å². The Morgan fingerprint density at radius 1 is 1.03 bits per heavy atom. The van der Waals surface area contributed by atoms with Crippen molar-refractivity contribution in [1.82, 2.24) is 19.9 Å². The summed E-state index contributed by atoms with van der Waals surface area (Å²) < 4.78 is 14.4. The van der Waals surface area contributed by atoms with E-state index < -0.39 is 5.82 Å². The maximum Gasteiger partial charge on any atom is 0.345 e. The van der Waals surface area contributed by atoms with Crippen LogP contribution in [0, 0.1) is 5.82 Å². The summed E-state index contributed by atoms with van der Waals surface area (Å²) in [5.74, 6) is 0.131. The number of nitrogens with zero attached hydrogens (tertiary/aromatic N) is 6. The minimum Gasteiger partial charge on any atom is -0.392 e. The van der Waals surface area contributed by atoms with Crippen LogP contribution in [0.4, 0.5) is 10.3 Å². The van der Waals surface area contributed by atoms with Crippen LogP contribution in [0.1, 0.15) is 18.4 Å². The van der Waals surface area contributed by atoms with Gasteiger partial charge in [-0.15, -0.1) is 0 Å². The van der Waals surface area contributed by atoms with Gasteiger partial charge in [0.2, 0.25) is 5.95 Å². The highest BCUT2D eigenvalue weighted by Crippen LogP contribution is 2.25. The molecule has 4 rings (SSSR count). The molecule has 0 radical (unpaired) electrons. The zero-order valence-corrected chi connectivity index (χ0v) is 15.6. The third-order valence-corrected chi connectivity index (χ3v) is 4.62. The van der Waals surface area contributed by atoms with Crippen molar-refractivity contribution >= 4 is 11.7 Å². The van der Waals surface area contributed by atoms with E-state index >= 15 is 0 Å². The maximum atomic E-state index is 14.4. The molecule has 8 nitrogen and oxygen atoms in total. The van der Waals surface area contributed by atoms with Crippen LogP contribution in [0.3, 0.4) is 0 Å².